The van der Waals surface area contributed by atoms with E-state index in [2.05, 4.69) is 0 Å². The zero-order valence-electron chi connectivity index (χ0n) is 14.4. The van der Waals surface area contributed by atoms with E-state index < -0.39 is 5.91 Å². The SMILES string of the molecule is CCN(Cc1ccc2c(c1)OCO2)C(=O)COc1ccc(C(N)=O)cc1. The van der Waals surface area contributed by atoms with E-state index >= 15 is 0 Å². The Bertz CT molecular complexity index is 804. The van der Waals surface area contributed by atoms with Crippen molar-refractivity contribution in [2.45, 2.75) is 13.5 Å². The van der Waals surface area contributed by atoms with E-state index in [9.17, 15) is 9.59 Å². The highest BCUT2D eigenvalue weighted by molar-refractivity contribution is 5.92. The number of fused-ring (bicyclic) bond motifs is 1. The van der Waals surface area contributed by atoms with Crippen molar-refractivity contribution in [3.8, 4) is 17.2 Å². The van der Waals surface area contributed by atoms with Crippen LogP contribution in [0.25, 0.3) is 0 Å². The molecule has 2 N–H and O–H groups in total. The number of likely N-dealkylation sites (N-methyl/N-ethyl adjacent to an activating group) is 1. The van der Waals surface area contributed by atoms with Crippen molar-refractivity contribution in [1.29, 1.82) is 0 Å². The summed E-state index contributed by atoms with van der Waals surface area (Å²) in [5, 5.41) is 0. The lowest BCUT2D eigenvalue weighted by atomic mass is 10.2. The highest BCUT2D eigenvalue weighted by Crippen LogP contribution is 2.32. The molecule has 2 amide bonds. The lowest BCUT2D eigenvalue weighted by molar-refractivity contribution is -0.133. The van der Waals surface area contributed by atoms with E-state index in [1.165, 1.54) is 0 Å². The first-order valence-electron chi connectivity index (χ1n) is 8.25. The predicted octanol–water partition coefficient (Wildman–Crippen LogP) is 1.94. The lowest BCUT2D eigenvalue weighted by Gasteiger charge is -2.21. The molecular formula is C19H20N2O5. The normalized spacial score (nSPS) is 11.9. The van der Waals surface area contributed by atoms with Crippen LogP contribution in [-0.4, -0.2) is 36.7 Å². The fourth-order valence-electron chi connectivity index (χ4n) is 2.59. The molecule has 26 heavy (non-hydrogen) atoms. The van der Waals surface area contributed by atoms with Crippen LogP contribution in [0.1, 0.15) is 22.8 Å². The first-order valence-corrected chi connectivity index (χ1v) is 8.25. The summed E-state index contributed by atoms with van der Waals surface area (Å²) >= 11 is 0. The molecule has 3 rings (SSSR count). The Morgan fingerprint density at radius 3 is 2.54 bits per heavy atom. The van der Waals surface area contributed by atoms with Crippen molar-refractivity contribution < 1.29 is 23.8 Å². The van der Waals surface area contributed by atoms with Gasteiger partial charge >= 0.3 is 0 Å². The molecule has 0 saturated carbocycles. The van der Waals surface area contributed by atoms with Gasteiger partial charge in [-0.1, -0.05) is 6.07 Å². The van der Waals surface area contributed by atoms with Gasteiger partial charge in [0.1, 0.15) is 5.75 Å². The first kappa shape index (κ1) is 17.6. The number of benzene rings is 2. The van der Waals surface area contributed by atoms with Crippen molar-refractivity contribution in [1.82, 2.24) is 4.90 Å². The second-order valence-electron chi connectivity index (χ2n) is 5.77. The molecule has 136 valence electrons. The van der Waals surface area contributed by atoms with Gasteiger partial charge in [0.25, 0.3) is 5.91 Å². The Labute approximate surface area is 151 Å². The summed E-state index contributed by atoms with van der Waals surface area (Å²) in [4.78, 5) is 25.2. The third-order valence-corrected chi connectivity index (χ3v) is 4.05. The first-order chi connectivity index (χ1) is 12.6. The summed E-state index contributed by atoms with van der Waals surface area (Å²) in [5.74, 6) is 1.27. The summed E-state index contributed by atoms with van der Waals surface area (Å²) < 4.78 is 16.2. The Kier molecular flexibility index (Phi) is 5.26. The maximum absolute atomic E-state index is 12.4. The molecule has 0 bridgehead atoms. The van der Waals surface area contributed by atoms with Crippen LogP contribution < -0.4 is 19.9 Å². The van der Waals surface area contributed by atoms with Gasteiger partial charge in [0.15, 0.2) is 18.1 Å². The largest absolute Gasteiger partial charge is 0.484 e. The summed E-state index contributed by atoms with van der Waals surface area (Å²) in [6, 6.07) is 12.0. The molecule has 1 heterocycles. The third-order valence-electron chi connectivity index (χ3n) is 4.05. The van der Waals surface area contributed by atoms with Gasteiger partial charge in [-0.3, -0.25) is 9.59 Å². The molecule has 1 aliphatic heterocycles. The molecular weight excluding hydrogens is 336 g/mol. The van der Waals surface area contributed by atoms with Crippen LogP contribution in [0.5, 0.6) is 17.2 Å². The molecule has 0 aliphatic carbocycles. The zero-order chi connectivity index (χ0) is 18.5. The zero-order valence-corrected chi connectivity index (χ0v) is 14.4. The van der Waals surface area contributed by atoms with Crippen LogP contribution in [0.3, 0.4) is 0 Å². The monoisotopic (exact) mass is 356 g/mol. The Hall–Kier alpha value is -3.22. The highest BCUT2D eigenvalue weighted by Gasteiger charge is 2.17. The van der Waals surface area contributed by atoms with Crippen LogP contribution in [0.4, 0.5) is 0 Å². The molecule has 0 spiro atoms. The van der Waals surface area contributed by atoms with Crippen LogP contribution in [-0.2, 0) is 11.3 Å². The maximum Gasteiger partial charge on any atom is 0.260 e. The van der Waals surface area contributed by atoms with Gasteiger partial charge in [-0.2, -0.15) is 0 Å². The average Bonchev–Trinajstić information content (AvgIpc) is 3.12. The smallest absolute Gasteiger partial charge is 0.260 e. The van der Waals surface area contributed by atoms with Crippen LogP contribution in [0.2, 0.25) is 0 Å². The molecule has 0 atom stereocenters. The van der Waals surface area contributed by atoms with E-state index in [4.69, 9.17) is 19.9 Å². The number of nitrogens with two attached hydrogens (primary N) is 1. The van der Waals surface area contributed by atoms with E-state index in [1.807, 2.05) is 25.1 Å². The van der Waals surface area contributed by atoms with Crippen molar-refractivity contribution in [3.63, 3.8) is 0 Å². The van der Waals surface area contributed by atoms with Gasteiger partial charge in [0.2, 0.25) is 12.7 Å². The molecule has 0 fully saturated rings. The number of hydrogen-bond donors (Lipinski definition) is 1. The van der Waals surface area contributed by atoms with Gasteiger partial charge in [-0.05, 0) is 48.9 Å². The minimum atomic E-state index is -0.506. The number of amides is 2. The number of primary amides is 1. The van der Waals surface area contributed by atoms with E-state index in [0.29, 0.717) is 35.9 Å². The second-order valence-corrected chi connectivity index (χ2v) is 5.77. The average molecular weight is 356 g/mol. The Balaban J connectivity index is 1.57. The minimum Gasteiger partial charge on any atom is -0.484 e. The fourth-order valence-corrected chi connectivity index (χ4v) is 2.59. The van der Waals surface area contributed by atoms with E-state index in [0.717, 1.165) is 5.56 Å². The summed E-state index contributed by atoms with van der Waals surface area (Å²) in [6.07, 6.45) is 0. The van der Waals surface area contributed by atoms with Crippen LogP contribution in [0, 0.1) is 0 Å². The summed E-state index contributed by atoms with van der Waals surface area (Å²) in [6.45, 7) is 3.05. The fraction of sp³-hybridized carbons (Fsp3) is 0.263. The van der Waals surface area contributed by atoms with Crippen LogP contribution in [0.15, 0.2) is 42.5 Å². The number of nitrogens with zero attached hydrogens (tertiary/aromatic N) is 1. The van der Waals surface area contributed by atoms with Crippen molar-refractivity contribution in [2.75, 3.05) is 19.9 Å². The highest BCUT2D eigenvalue weighted by atomic mass is 16.7. The number of ether oxygens (including phenoxy) is 3. The van der Waals surface area contributed by atoms with Gasteiger partial charge in [0, 0.05) is 18.7 Å². The standard InChI is InChI=1S/C19H20N2O5/c1-2-21(10-13-3-8-16-17(9-13)26-12-25-16)18(22)11-24-15-6-4-14(5-7-15)19(20)23/h3-9H,2,10-12H2,1H3,(H2,20,23). The molecule has 0 unspecified atom stereocenters. The van der Waals surface area contributed by atoms with Crippen LogP contribution >= 0.6 is 0 Å². The molecule has 7 nitrogen and oxygen atoms in total. The summed E-state index contributed by atoms with van der Waals surface area (Å²) in [5.41, 5.74) is 6.54. The van der Waals surface area contributed by atoms with Crippen molar-refractivity contribution in [2.24, 2.45) is 5.73 Å². The molecule has 2 aromatic carbocycles. The number of rotatable bonds is 7. The quantitative estimate of drug-likeness (QED) is 0.819. The second kappa shape index (κ2) is 7.77. The molecule has 0 radical (unpaired) electrons. The van der Waals surface area contributed by atoms with E-state index in [1.54, 1.807) is 29.2 Å². The Morgan fingerprint density at radius 2 is 1.85 bits per heavy atom. The number of carbonyl (C=O) groups excluding carboxylic acids is 2. The molecule has 2 aromatic rings. The minimum absolute atomic E-state index is 0.0890. The van der Waals surface area contributed by atoms with Gasteiger partial charge in [-0.25, -0.2) is 0 Å². The maximum atomic E-state index is 12.4. The van der Waals surface area contributed by atoms with Gasteiger partial charge in [0.05, 0.1) is 0 Å². The van der Waals surface area contributed by atoms with Gasteiger partial charge in [-0.15, -0.1) is 0 Å². The topological polar surface area (TPSA) is 91.1 Å². The molecule has 0 aromatic heterocycles. The number of hydrogen-bond acceptors (Lipinski definition) is 5. The summed E-state index contributed by atoms with van der Waals surface area (Å²) in [7, 11) is 0. The van der Waals surface area contributed by atoms with Crippen molar-refractivity contribution >= 4 is 11.8 Å². The lowest BCUT2D eigenvalue weighted by Crippen LogP contribution is -2.34. The molecule has 0 saturated heterocycles. The van der Waals surface area contributed by atoms with Crippen molar-refractivity contribution in [3.05, 3.63) is 53.6 Å². The third kappa shape index (κ3) is 4.05. The molecule has 1 aliphatic rings. The van der Waals surface area contributed by atoms with E-state index in [-0.39, 0.29) is 19.3 Å². The Morgan fingerprint density at radius 1 is 1.12 bits per heavy atom. The molecule has 7 heteroatoms. The van der Waals surface area contributed by atoms with Gasteiger partial charge < -0.3 is 24.8 Å². The number of carbonyl (C=O) groups is 2. The predicted molar refractivity (Wildman–Crippen MR) is 94.1 cm³/mol.